The van der Waals surface area contributed by atoms with E-state index in [2.05, 4.69) is 4.72 Å². The molecular weight excluding hydrogens is 408 g/mol. The van der Waals surface area contributed by atoms with Crippen LogP contribution >= 0.6 is 22.9 Å². The van der Waals surface area contributed by atoms with Crippen molar-refractivity contribution in [1.82, 2.24) is 9.29 Å². The summed E-state index contributed by atoms with van der Waals surface area (Å²) in [5.74, 6) is 0.502. The van der Waals surface area contributed by atoms with Crippen molar-refractivity contribution in [1.29, 1.82) is 0 Å². The first-order valence-corrected chi connectivity index (χ1v) is 11.1. The van der Waals surface area contributed by atoms with Crippen molar-refractivity contribution in [2.45, 2.75) is 24.8 Å². The number of sulfonamides is 1. The minimum Gasteiger partial charge on any atom is -0.491 e. The molecule has 144 valence electrons. The van der Waals surface area contributed by atoms with Crippen LogP contribution in [-0.2, 0) is 16.6 Å². The number of aromatic nitrogens is 1. The average Bonchev–Trinajstić information content (AvgIpc) is 2.95. The molecule has 1 aromatic heterocycles. The third-order valence-electron chi connectivity index (χ3n) is 3.89. The number of nitrogens with zero attached hydrogens (tertiary/aromatic N) is 1. The Morgan fingerprint density at radius 1 is 1.22 bits per heavy atom. The van der Waals surface area contributed by atoms with Crippen molar-refractivity contribution >= 4 is 43.2 Å². The zero-order valence-electron chi connectivity index (χ0n) is 14.6. The van der Waals surface area contributed by atoms with Crippen LogP contribution in [0.4, 0.5) is 0 Å². The van der Waals surface area contributed by atoms with E-state index in [1.807, 2.05) is 6.92 Å². The lowest BCUT2D eigenvalue weighted by atomic mass is 10.3. The van der Waals surface area contributed by atoms with Gasteiger partial charge in [0.1, 0.15) is 12.4 Å². The Hall–Kier alpha value is -1.87. The quantitative estimate of drug-likeness (QED) is 0.559. The van der Waals surface area contributed by atoms with Crippen molar-refractivity contribution in [3.63, 3.8) is 0 Å². The van der Waals surface area contributed by atoms with Gasteiger partial charge in [-0.05, 0) is 36.8 Å². The molecule has 3 rings (SSSR count). The number of rotatable bonds is 8. The second-order valence-corrected chi connectivity index (χ2v) is 8.99. The molecule has 3 aromatic rings. The highest BCUT2D eigenvalue weighted by Gasteiger charge is 2.16. The van der Waals surface area contributed by atoms with Crippen LogP contribution in [0.15, 0.2) is 52.2 Å². The topological polar surface area (TPSA) is 77.4 Å². The average molecular weight is 427 g/mol. The Morgan fingerprint density at radius 3 is 2.74 bits per heavy atom. The molecule has 0 amide bonds. The van der Waals surface area contributed by atoms with E-state index in [0.29, 0.717) is 22.0 Å². The van der Waals surface area contributed by atoms with Gasteiger partial charge in [-0.2, -0.15) is 0 Å². The van der Waals surface area contributed by atoms with Crippen LogP contribution in [0.3, 0.4) is 0 Å². The van der Waals surface area contributed by atoms with Gasteiger partial charge < -0.3 is 4.74 Å². The first kappa shape index (κ1) is 19.9. The largest absolute Gasteiger partial charge is 0.491 e. The first-order chi connectivity index (χ1) is 12.9. The maximum Gasteiger partial charge on any atom is 0.308 e. The third kappa shape index (κ3) is 4.52. The van der Waals surface area contributed by atoms with Crippen molar-refractivity contribution in [2.24, 2.45) is 0 Å². The Balaban J connectivity index is 1.69. The molecule has 0 aliphatic rings. The molecule has 0 bridgehead atoms. The second kappa shape index (κ2) is 8.43. The zero-order chi connectivity index (χ0) is 19.4. The highest BCUT2D eigenvalue weighted by molar-refractivity contribution is 7.89. The molecule has 0 aliphatic carbocycles. The number of benzene rings is 2. The van der Waals surface area contributed by atoms with E-state index in [1.165, 1.54) is 12.1 Å². The number of nitrogens with one attached hydrogen (secondary N) is 1. The van der Waals surface area contributed by atoms with Crippen LogP contribution in [0.25, 0.3) is 10.2 Å². The lowest BCUT2D eigenvalue weighted by molar-refractivity contribution is 0.323. The van der Waals surface area contributed by atoms with E-state index in [1.54, 1.807) is 34.9 Å². The summed E-state index contributed by atoms with van der Waals surface area (Å²) in [6.07, 6.45) is 0.832. The van der Waals surface area contributed by atoms with Gasteiger partial charge in [0.15, 0.2) is 0 Å². The minimum absolute atomic E-state index is 0.0810. The molecule has 0 unspecified atom stereocenters. The van der Waals surface area contributed by atoms with Crippen LogP contribution in [0.5, 0.6) is 5.75 Å². The molecule has 0 fully saturated rings. The number of para-hydroxylation sites is 1. The highest BCUT2D eigenvalue weighted by Crippen LogP contribution is 2.23. The standard InChI is InChI=1S/C18H19ClN2O4S2/c1-2-10-21-15-8-7-13(12-17(15)26-18(21)22)27(23,24)20-9-11-25-16-6-4-3-5-14(16)19/h3-8,12,20H,2,9-11H2,1H3. The van der Waals surface area contributed by atoms with Crippen LogP contribution < -0.4 is 14.3 Å². The summed E-state index contributed by atoms with van der Waals surface area (Å²) in [5.41, 5.74) is 0.757. The van der Waals surface area contributed by atoms with Crippen LogP contribution in [-0.4, -0.2) is 26.1 Å². The maximum atomic E-state index is 12.5. The molecule has 0 saturated carbocycles. The Labute approximate surface area is 166 Å². The highest BCUT2D eigenvalue weighted by atomic mass is 35.5. The van der Waals surface area contributed by atoms with E-state index in [0.717, 1.165) is 23.3 Å². The van der Waals surface area contributed by atoms with Gasteiger partial charge in [0.2, 0.25) is 10.0 Å². The molecule has 1 heterocycles. The smallest absolute Gasteiger partial charge is 0.308 e. The van der Waals surface area contributed by atoms with Crippen molar-refractivity contribution < 1.29 is 13.2 Å². The van der Waals surface area contributed by atoms with Gasteiger partial charge in [-0.25, -0.2) is 13.1 Å². The number of hydrogen-bond donors (Lipinski definition) is 1. The summed E-state index contributed by atoms with van der Waals surface area (Å²) >= 11 is 7.04. The fourth-order valence-corrected chi connectivity index (χ4v) is 4.89. The predicted molar refractivity (Wildman–Crippen MR) is 109 cm³/mol. The number of thiazole rings is 1. The zero-order valence-corrected chi connectivity index (χ0v) is 17.0. The van der Waals surface area contributed by atoms with E-state index in [4.69, 9.17) is 16.3 Å². The van der Waals surface area contributed by atoms with E-state index >= 15 is 0 Å². The minimum atomic E-state index is -3.70. The number of aryl methyl sites for hydroxylation is 1. The fraction of sp³-hybridized carbons (Fsp3) is 0.278. The normalized spacial score (nSPS) is 11.8. The fourth-order valence-electron chi connectivity index (χ4n) is 2.63. The Morgan fingerprint density at radius 2 is 2.00 bits per heavy atom. The van der Waals surface area contributed by atoms with Crippen molar-refractivity contribution in [3.8, 4) is 5.75 Å². The molecule has 0 atom stereocenters. The SMILES string of the molecule is CCCn1c(=O)sc2cc(S(=O)(=O)NCCOc3ccccc3Cl)ccc21. The molecule has 0 spiro atoms. The predicted octanol–water partition coefficient (Wildman–Crippen LogP) is 3.48. The Bertz CT molecular complexity index is 1110. The lowest BCUT2D eigenvalue weighted by Gasteiger charge is -2.10. The molecule has 27 heavy (non-hydrogen) atoms. The molecule has 0 saturated heterocycles. The van der Waals surface area contributed by atoms with Gasteiger partial charge in [0.05, 0.1) is 20.1 Å². The first-order valence-electron chi connectivity index (χ1n) is 8.43. The summed E-state index contributed by atoms with van der Waals surface area (Å²) < 4.78 is 35.3. The number of fused-ring (bicyclic) bond motifs is 1. The second-order valence-electron chi connectivity index (χ2n) is 5.83. The van der Waals surface area contributed by atoms with Gasteiger partial charge in [-0.3, -0.25) is 9.36 Å². The summed E-state index contributed by atoms with van der Waals surface area (Å²) in [6.45, 7) is 2.84. The van der Waals surface area contributed by atoms with Crippen molar-refractivity contribution in [3.05, 3.63) is 57.2 Å². The van der Waals surface area contributed by atoms with Crippen LogP contribution in [0, 0.1) is 0 Å². The number of ether oxygens (including phenoxy) is 1. The van der Waals surface area contributed by atoms with E-state index in [-0.39, 0.29) is 22.9 Å². The number of hydrogen-bond acceptors (Lipinski definition) is 5. The van der Waals surface area contributed by atoms with Crippen molar-refractivity contribution in [2.75, 3.05) is 13.2 Å². The van der Waals surface area contributed by atoms with Gasteiger partial charge in [-0.15, -0.1) is 0 Å². The Kier molecular flexibility index (Phi) is 6.21. The monoisotopic (exact) mass is 426 g/mol. The van der Waals surface area contributed by atoms with Gasteiger partial charge in [0.25, 0.3) is 0 Å². The molecule has 9 heteroatoms. The van der Waals surface area contributed by atoms with E-state index in [9.17, 15) is 13.2 Å². The van der Waals surface area contributed by atoms with Gasteiger partial charge in [-0.1, -0.05) is 42.0 Å². The van der Waals surface area contributed by atoms with Crippen LogP contribution in [0.2, 0.25) is 5.02 Å². The molecule has 2 aromatic carbocycles. The molecular formula is C18H19ClN2O4S2. The summed E-state index contributed by atoms with van der Waals surface area (Å²) in [4.78, 5) is 12.1. The molecule has 0 aliphatic heterocycles. The molecule has 6 nitrogen and oxygen atoms in total. The van der Waals surface area contributed by atoms with Gasteiger partial charge in [0, 0.05) is 13.1 Å². The summed E-state index contributed by atoms with van der Waals surface area (Å²) in [6, 6.07) is 11.7. The molecule has 1 N–H and O–H groups in total. The maximum absolute atomic E-state index is 12.5. The molecule has 0 radical (unpaired) electrons. The third-order valence-corrected chi connectivity index (χ3v) is 6.60. The summed E-state index contributed by atoms with van der Waals surface area (Å²) in [5, 5.41) is 0.470. The van der Waals surface area contributed by atoms with Gasteiger partial charge >= 0.3 is 4.87 Å². The summed E-state index contributed by atoms with van der Waals surface area (Å²) in [7, 11) is -3.70. The lowest BCUT2D eigenvalue weighted by Crippen LogP contribution is -2.28. The van der Waals surface area contributed by atoms with Crippen LogP contribution in [0.1, 0.15) is 13.3 Å². The van der Waals surface area contributed by atoms with E-state index < -0.39 is 10.0 Å². The number of halogens is 1.